The van der Waals surface area contributed by atoms with Gasteiger partial charge in [-0.3, -0.25) is 10.1 Å². The van der Waals surface area contributed by atoms with Crippen molar-refractivity contribution in [3.05, 3.63) is 28.3 Å². The fraction of sp³-hybridized carbons (Fsp3) is 0.571. The molecular weight excluding hydrogens is 258 g/mol. The maximum absolute atomic E-state index is 10.6. The molecule has 2 rings (SSSR count). The van der Waals surface area contributed by atoms with E-state index in [2.05, 4.69) is 12.2 Å². The van der Waals surface area contributed by atoms with E-state index in [1.54, 1.807) is 6.07 Å². The minimum Gasteiger partial charge on any atom is -0.397 e. The summed E-state index contributed by atoms with van der Waals surface area (Å²) in [4.78, 5) is 10.2. The molecule has 0 atom stereocenters. The lowest BCUT2D eigenvalue weighted by atomic mass is 9.79. The van der Waals surface area contributed by atoms with Crippen LogP contribution in [0.15, 0.2) is 18.2 Å². The first-order chi connectivity index (χ1) is 9.39. The second-order valence-electron chi connectivity index (χ2n) is 5.79. The summed E-state index contributed by atoms with van der Waals surface area (Å²) in [5.74, 6) is 0.666. The highest BCUT2D eigenvalue weighted by Crippen LogP contribution is 2.32. The summed E-state index contributed by atoms with van der Waals surface area (Å²) in [5.41, 5.74) is 6.01. The Bertz CT molecular complexity index is 496. The van der Waals surface area contributed by atoms with Gasteiger partial charge in [0.15, 0.2) is 0 Å². The highest BCUT2D eigenvalue weighted by Gasteiger charge is 2.31. The Labute approximate surface area is 118 Å². The molecule has 4 N–H and O–H groups in total. The van der Waals surface area contributed by atoms with Crippen molar-refractivity contribution in [2.75, 3.05) is 17.6 Å². The number of hydrogen-bond acceptors (Lipinski definition) is 5. The summed E-state index contributed by atoms with van der Waals surface area (Å²) in [6.45, 7) is 2.61. The van der Waals surface area contributed by atoms with Gasteiger partial charge in [0.25, 0.3) is 5.69 Å². The van der Waals surface area contributed by atoms with Crippen molar-refractivity contribution in [2.45, 2.75) is 38.2 Å². The lowest BCUT2D eigenvalue weighted by Crippen LogP contribution is -2.40. The van der Waals surface area contributed by atoms with Crippen LogP contribution in [-0.2, 0) is 0 Å². The fourth-order valence-corrected chi connectivity index (χ4v) is 2.56. The summed E-state index contributed by atoms with van der Waals surface area (Å²) >= 11 is 0. The number of benzene rings is 1. The van der Waals surface area contributed by atoms with Crippen molar-refractivity contribution >= 4 is 17.1 Å². The Kier molecular flexibility index (Phi) is 4.13. The van der Waals surface area contributed by atoms with Crippen LogP contribution in [0.2, 0.25) is 0 Å². The molecule has 1 aliphatic carbocycles. The van der Waals surface area contributed by atoms with Gasteiger partial charge in [0.05, 0.1) is 21.9 Å². The van der Waals surface area contributed by atoms with E-state index in [1.165, 1.54) is 12.1 Å². The Morgan fingerprint density at radius 3 is 2.70 bits per heavy atom. The predicted octanol–water partition coefficient (Wildman–Crippen LogP) is 2.53. The molecular formula is C14H21N3O3. The zero-order valence-electron chi connectivity index (χ0n) is 11.6. The maximum atomic E-state index is 10.6. The van der Waals surface area contributed by atoms with Gasteiger partial charge in [-0.25, -0.2) is 0 Å². The molecule has 1 fully saturated rings. The Hall–Kier alpha value is -1.82. The summed E-state index contributed by atoms with van der Waals surface area (Å²) in [6.07, 6.45) is 3.59. The number of anilines is 2. The molecule has 0 saturated heterocycles. The fourth-order valence-electron chi connectivity index (χ4n) is 2.56. The zero-order chi connectivity index (χ0) is 14.8. The van der Waals surface area contributed by atoms with Crippen LogP contribution in [0.1, 0.15) is 32.6 Å². The van der Waals surface area contributed by atoms with Crippen LogP contribution in [0, 0.1) is 16.0 Å². The summed E-state index contributed by atoms with van der Waals surface area (Å²) in [5, 5.41) is 24.2. The Balaban J connectivity index is 1.99. The molecule has 1 saturated carbocycles. The van der Waals surface area contributed by atoms with E-state index in [0.29, 0.717) is 23.8 Å². The highest BCUT2D eigenvalue weighted by molar-refractivity contribution is 5.69. The first-order valence-electron chi connectivity index (χ1n) is 6.90. The largest absolute Gasteiger partial charge is 0.397 e. The van der Waals surface area contributed by atoms with Gasteiger partial charge in [-0.05, 0) is 37.7 Å². The number of nitrogens with two attached hydrogens (primary N) is 1. The normalized spacial score (nSPS) is 26.2. The monoisotopic (exact) mass is 279 g/mol. The van der Waals surface area contributed by atoms with Crippen LogP contribution in [0.25, 0.3) is 0 Å². The van der Waals surface area contributed by atoms with Crippen molar-refractivity contribution in [2.24, 2.45) is 5.92 Å². The van der Waals surface area contributed by atoms with Crippen molar-refractivity contribution < 1.29 is 10.0 Å². The third-order valence-electron chi connectivity index (χ3n) is 4.06. The van der Waals surface area contributed by atoms with Crippen molar-refractivity contribution in [3.8, 4) is 0 Å². The van der Waals surface area contributed by atoms with Gasteiger partial charge in [-0.1, -0.05) is 6.92 Å². The zero-order valence-corrected chi connectivity index (χ0v) is 11.6. The lowest BCUT2D eigenvalue weighted by molar-refractivity contribution is -0.384. The van der Waals surface area contributed by atoms with Gasteiger partial charge in [0.2, 0.25) is 0 Å². The molecule has 0 amide bonds. The highest BCUT2D eigenvalue weighted by atomic mass is 16.6. The number of aliphatic hydroxyl groups is 1. The molecule has 20 heavy (non-hydrogen) atoms. The molecule has 1 aromatic rings. The van der Waals surface area contributed by atoms with Crippen LogP contribution in [0.5, 0.6) is 0 Å². The maximum Gasteiger partial charge on any atom is 0.271 e. The predicted molar refractivity (Wildman–Crippen MR) is 78.6 cm³/mol. The van der Waals surface area contributed by atoms with E-state index in [-0.39, 0.29) is 5.69 Å². The van der Waals surface area contributed by atoms with E-state index >= 15 is 0 Å². The van der Waals surface area contributed by atoms with Crippen LogP contribution in [0.4, 0.5) is 17.1 Å². The topological polar surface area (TPSA) is 101 Å². The minimum atomic E-state index is -0.708. The molecule has 1 aliphatic rings. The molecule has 0 bridgehead atoms. The number of nitrogens with zero attached hydrogens (tertiary/aromatic N) is 1. The third kappa shape index (κ3) is 3.39. The van der Waals surface area contributed by atoms with Crippen molar-refractivity contribution in [3.63, 3.8) is 0 Å². The first-order valence-corrected chi connectivity index (χ1v) is 6.90. The molecule has 0 aliphatic heterocycles. The number of nitrogen functional groups attached to an aromatic ring is 1. The molecule has 0 radical (unpaired) electrons. The summed E-state index contributed by atoms with van der Waals surface area (Å²) < 4.78 is 0. The molecule has 0 aromatic heterocycles. The van der Waals surface area contributed by atoms with Crippen molar-refractivity contribution in [1.82, 2.24) is 0 Å². The number of non-ortho nitro benzene ring substituents is 1. The molecule has 6 heteroatoms. The van der Waals surface area contributed by atoms with Gasteiger partial charge in [-0.2, -0.15) is 0 Å². The van der Waals surface area contributed by atoms with Gasteiger partial charge in [-0.15, -0.1) is 0 Å². The number of nitro benzene ring substituents is 1. The van der Waals surface area contributed by atoms with Crippen LogP contribution in [-0.4, -0.2) is 22.2 Å². The number of hydrogen-bond donors (Lipinski definition) is 3. The molecule has 1 aromatic carbocycles. The van der Waals surface area contributed by atoms with E-state index < -0.39 is 10.5 Å². The summed E-state index contributed by atoms with van der Waals surface area (Å²) in [7, 11) is 0. The van der Waals surface area contributed by atoms with Crippen LogP contribution >= 0.6 is 0 Å². The second kappa shape index (κ2) is 5.66. The third-order valence-corrected chi connectivity index (χ3v) is 4.06. The molecule has 0 spiro atoms. The smallest absolute Gasteiger partial charge is 0.271 e. The van der Waals surface area contributed by atoms with Gasteiger partial charge >= 0.3 is 0 Å². The Morgan fingerprint density at radius 2 is 2.15 bits per heavy atom. The molecule has 110 valence electrons. The van der Waals surface area contributed by atoms with E-state index in [4.69, 9.17) is 5.73 Å². The Morgan fingerprint density at radius 1 is 1.50 bits per heavy atom. The van der Waals surface area contributed by atoms with E-state index in [9.17, 15) is 15.2 Å². The van der Waals surface area contributed by atoms with Crippen LogP contribution < -0.4 is 11.1 Å². The van der Waals surface area contributed by atoms with Crippen molar-refractivity contribution in [1.29, 1.82) is 0 Å². The van der Waals surface area contributed by atoms with Gasteiger partial charge in [0.1, 0.15) is 0 Å². The minimum absolute atomic E-state index is 0.0294. The molecule has 6 nitrogen and oxygen atoms in total. The molecule has 0 heterocycles. The second-order valence-corrected chi connectivity index (χ2v) is 5.79. The average molecular weight is 279 g/mol. The lowest BCUT2D eigenvalue weighted by Gasteiger charge is -2.35. The number of nitrogens with one attached hydrogen (secondary N) is 1. The number of rotatable bonds is 4. The first kappa shape index (κ1) is 14.6. The number of nitro groups is 1. The standard InChI is InChI=1S/C14H21N3O3/c1-10-4-6-14(18,7-5-10)9-16-13-3-2-11(17(19)20)8-12(13)15/h2-3,8,10,16,18H,4-7,9,15H2,1H3. The van der Waals surface area contributed by atoms with Crippen LogP contribution in [0.3, 0.4) is 0 Å². The van der Waals surface area contributed by atoms with E-state index in [1.807, 2.05) is 0 Å². The SMILES string of the molecule is CC1CCC(O)(CNc2ccc([N+](=O)[O-])cc2N)CC1. The van der Waals surface area contributed by atoms with Gasteiger partial charge < -0.3 is 16.2 Å². The summed E-state index contributed by atoms with van der Waals surface area (Å²) in [6, 6.07) is 4.32. The average Bonchev–Trinajstić information content (AvgIpc) is 2.41. The molecule has 0 unspecified atom stereocenters. The van der Waals surface area contributed by atoms with E-state index in [0.717, 1.165) is 25.7 Å². The quantitative estimate of drug-likeness (QED) is 0.446. The van der Waals surface area contributed by atoms with Gasteiger partial charge in [0, 0.05) is 18.7 Å².